The first-order valence-corrected chi connectivity index (χ1v) is 6.76. The van der Waals surface area contributed by atoms with Crippen LogP contribution in [0.25, 0.3) is 0 Å². The quantitative estimate of drug-likeness (QED) is 0.461. The average molecular weight is 228 g/mol. The third-order valence-electron chi connectivity index (χ3n) is 3.43. The Morgan fingerprint density at radius 1 is 0.875 bits per heavy atom. The lowest BCUT2D eigenvalue weighted by Gasteiger charge is -2.09. The molecule has 0 bridgehead atoms. The summed E-state index contributed by atoms with van der Waals surface area (Å²) in [5.74, 6) is 0. The highest BCUT2D eigenvalue weighted by Crippen LogP contribution is 2.20. The van der Waals surface area contributed by atoms with E-state index in [1.165, 1.54) is 25.7 Å². The predicted octanol–water partition coefficient (Wildman–Crippen LogP) is 2.27. The highest BCUT2D eigenvalue weighted by molar-refractivity contribution is 4.70. The Hall–Kier alpha value is -0.120. The fraction of sp³-hybridized carbons (Fsp3) is 1.00. The summed E-state index contributed by atoms with van der Waals surface area (Å²) in [6.45, 7) is 1.93. The van der Waals surface area contributed by atoms with Crippen LogP contribution < -0.4 is 0 Å². The molecule has 0 aromatic carbocycles. The summed E-state index contributed by atoms with van der Waals surface area (Å²) in [4.78, 5) is 0. The fourth-order valence-corrected chi connectivity index (χ4v) is 2.12. The molecular weight excluding hydrogens is 204 g/mol. The van der Waals surface area contributed by atoms with E-state index in [-0.39, 0.29) is 6.10 Å². The lowest BCUT2D eigenvalue weighted by Crippen LogP contribution is -2.06. The molecule has 0 aromatic rings. The van der Waals surface area contributed by atoms with Gasteiger partial charge in [0.15, 0.2) is 0 Å². The first kappa shape index (κ1) is 12.3. The highest BCUT2D eigenvalue weighted by atomic mass is 16.6. The lowest BCUT2D eigenvalue weighted by molar-refractivity contribution is 0.146. The molecule has 3 heteroatoms. The van der Waals surface area contributed by atoms with Crippen LogP contribution in [0.4, 0.5) is 0 Å². The molecule has 2 aliphatic heterocycles. The van der Waals surface area contributed by atoms with Crippen LogP contribution in [-0.4, -0.2) is 36.6 Å². The van der Waals surface area contributed by atoms with Gasteiger partial charge >= 0.3 is 0 Å². The Morgan fingerprint density at radius 2 is 1.31 bits per heavy atom. The van der Waals surface area contributed by atoms with Gasteiger partial charge in [-0.2, -0.15) is 0 Å². The van der Waals surface area contributed by atoms with Crippen LogP contribution in [0.2, 0.25) is 0 Å². The van der Waals surface area contributed by atoms with E-state index >= 15 is 0 Å². The second-order valence-corrected chi connectivity index (χ2v) is 5.13. The molecule has 2 rings (SSSR count). The summed E-state index contributed by atoms with van der Waals surface area (Å²) in [7, 11) is 0. The zero-order chi connectivity index (χ0) is 11.2. The Kier molecular flexibility index (Phi) is 5.07. The molecule has 2 saturated heterocycles. The Morgan fingerprint density at radius 3 is 1.69 bits per heavy atom. The standard InChI is InChI=1S/C13H24O3/c14-11(5-1-3-7-12-9-15-12)6-2-4-8-13-10-16-13/h11-14H,1-10H2. The molecule has 2 unspecified atom stereocenters. The molecule has 1 N–H and O–H groups in total. The molecule has 0 amide bonds. The summed E-state index contributed by atoms with van der Waals surface area (Å²) in [6.07, 6.45) is 10.0. The zero-order valence-corrected chi connectivity index (χ0v) is 10.1. The molecule has 2 fully saturated rings. The Balaban J connectivity index is 1.33. The average Bonchev–Trinajstić information content (AvgIpc) is 3.14. The van der Waals surface area contributed by atoms with E-state index in [2.05, 4.69) is 0 Å². The summed E-state index contributed by atoms with van der Waals surface area (Å²) >= 11 is 0. The second-order valence-electron chi connectivity index (χ2n) is 5.13. The zero-order valence-electron chi connectivity index (χ0n) is 10.1. The monoisotopic (exact) mass is 228 g/mol. The van der Waals surface area contributed by atoms with Crippen LogP contribution >= 0.6 is 0 Å². The molecule has 0 spiro atoms. The molecule has 0 aliphatic carbocycles. The molecular formula is C13H24O3. The van der Waals surface area contributed by atoms with Gasteiger partial charge in [-0.05, 0) is 25.7 Å². The van der Waals surface area contributed by atoms with E-state index in [0.717, 1.165) is 38.9 Å². The van der Waals surface area contributed by atoms with Crippen LogP contribution in [0.3, 0.4) is 0 Å². The van der Waals surface area contributed by atoms with Gasteiger partial charge in [0.05, 0.1) is 31.5 Å². The molecule has 3 nitrogen and oxygen atoms in total. The van der Waals surface area contributed by atoms with Crippen LogP contribution in [0.5, 0.6) is 0 Å². The maximum absolute atomic E-state index is 9.75. The van der Waals surface area contributed by atoms with Gasteiger partial charge in [0.1, 0.15) is 0 Å². The summed E-state index contributed by atoms with van der Waals surface area (Å²) in [5.41, 5.74) is 0. The topological polar surface area (TPSA) is 45.3 Å². The number of aliphatic hydroxyl groups is 1. The number of ether oxygens (including phenoxy) is 2. The van der Waals surface area contributed by atoms with Crippen LogP contribution in [0, 0.1) is 0 Å². The summed E-state index contributed by atoms with van der Waals surface area (Å²) in [5, 5.41) is 9.75. The van der Waals surface area contributed by atoms with Crippen LogP contribution in [-0.2, 0) is 9.47 Å². The van der Waals surface area contributed by atoms with Crippen molar-refractivity contribution in [2.45, 2.75) is 69.7 Å². The smallest absolute Gasteiger partial charge is 0.0810 e. The number of unbranched alkanes of at least 4 members (excludes halogenated alkanes) is 2. The van der Waals surface area contributed by atoms with Gasteiger partial charge in [0.2, 0.25) is 0 Å². The van der Waals surface area contributed by atoms with E-state index in [9.17, 15) is 5.11 Å². The van der Waals surface area contributed by atoms with Gasteiger partial charge in [-0.25, -0.2) is 0 Å². The van der Waals surface area contributed by atoms with Crippen molar-refractivity contribution in [2.75, 3.05) is 13.2 Å². The summed E-state index contributed by atoms with van der Waals surface area (Å²) < 4.78 is 10.3. The largest absolute Gasteiger partial charge is 0.393 e. The van der Waals surface area contributed by atoms with Gasteiger partial charge in [-0.15, -0.1) is 0 Å². The summed E-state index contributed by atoms with van der Waals surface area (Å²) in [6, 6.07) is 0. The van der Waals surface area contributed by atoms with Gasteiger partial charge < -0.3 is 14.6 Å². The van der Waals surface area contributed by atoms with Crippen LogP contribution in [0.15, 0.2) is 0 Å². The van der Waals surface area contributed by atoms with E-state index < -0.39 is 0 Å². The maximum atomic E-state index is 9.75. The minimum atomic E-state index is -0.0831. The number of hydrogen-bond donors (Lipinski definition) is 1. The van der Waals surface area contributed by atoms with Crippen molar-refractivity contribution >= 4 is 0 Å². The first-order valence-electron chi connectivity index (χ1n) is 6.76. The number of hydrogen-bond acceptors (Lipinski definition) is 3. The number of rotatable bonds is 10. The van der Waals surface area contributed by atoms with E-state index in [1.54, 1.807) is 0 Å². The van der Waals surface area contributed by atoms with Crippen molar-refractivity contribution in [2.24, 2.45) is 0 Å². The minimum absolute atomic E-state index is 0.0831. The normalized spacial score (nSPS) is 29.1. The van der Waals surface area contributed by atoms with Gasteiger partial charge in [-0.3, -0.25) is 0 Å². The Labute approximate surface area is 98.1 Å². The Bertz CT molecular complexity index is 168. The third kappa shape index (κ3) is 5.83. The van der Waals surface area contributed by atoms with Crippen molar-refractivity contribution < 1.29 is 14.6 Å². The maximum Gasteiger partial charge on any atom is 0.0810 e. The molecule has 0 aromatic heterocycles. The van der Waals surface area contributed by atoms with E-state index in [4.69, 9.17) is 9.47 Å². The van der Waals surface area contributed by atoms with Gasteiger partial charge in [0.25, 0.3) is 0 Å². The van der Waals surface area contributed by atoms with Crippen molar-refractivity contribution in [3.8, 4) is 0 Å². The predicted molar refractivity (Wildman–Crippen MR) is 62.4 cm³/mol. The molecule has 2 aliphatic rings. The van der Waals surface area contributed by atoms with Gasteiger partial charge in [-0.1, -0.05) is 25.7 Å². The second kappa shape index (κ2) is 6.58. The molecule has 2 heterocycles. The van der Waals surface area contributed by atoms with E-state index in [1.807, 2.05) is 0 Å². The third-order valence-corrected chi connectivity index (χ3v) is 3.43. The van der Waals surface area contributed by atoms with Crippen molar-refractivity contribution in [1.82, 2.24) is 0 Å². The minimum Gasteiger partial charge on any atom is -0.393 e. The van der Waals surface area contributed by atoms with Gasteiger partial charge in [0, 0.05) is 0 Å². The van der Waals surface area contributed by atoms with Crippen molar-refractivity contribution in [3.63, 3.8) is 0 Å². The highest BCUT2D eigenvalue weighted by Gasteiger charge is 2.22. The number of epoxide rings is 2. The molecule has 2 atom stereocenters. The molecule has 0 saturated carbocycles. The fourth-order valence-electron chi connectivity index (χ4n) is 2.12. The first-order chi connectivity index (χ1) is 7.84. The lowest BCUT2D eigenvalue weighted by atomic mass is 10.0. The SMILES string of the molecule is OC(CCCCC1CO1)CCCCC1CO1. The van der Waals surface area contributed by atoms with Crippen molar-refractivity contribution in [3.05, 3.63) is 0 Å². The van der Waals surface area contributed by atoms with Crippen molar-refractivity contribution in [1.29, 1.82) is 0 Å². The van der Waals surface area contributed by atoms with Crippen LogP contribution in [0.1, 0.15) is 51.4 Å². The van der Waals surface area contributed by atoms with E-state index in [0.29, 0.717) is 12.2 Å². The molecule has 0 radical (unpaired) electrons. The molecule has 94 valence electrons. The number of aliphatic hydroxyl groups excluding tert-OH is 1. The molecule has 16 heavy (non-hydrogen) atoms.